The van der Waals surface area contributed by atoms with Crippen LogP contribution >= 0.6 is 0 Å². The van der Waals surface area contributed by atoms with Crippen molar-refractivity contribution < 1.29 is 37.7 Å². The van der Waals surface area contributed by atoms with Crippen LogP contribution in [0.2, 0.25) is 0 Å². The third-order valence-corrected chi connectivity index (χ3v) is 9.72. The third kappa shape index (κ3) is 11.8. The van der Waals surface area contributed by atoms with Gasteiger partial charge in [-0.1, -0.05) is 84.9 Å². The molecule has 1 aliphatic heterocycles. The normalized spacial score (nSPS) is 14.9. The van der Waals surface area contributed by atoms with Gasteiger partial charge in [-0.2, -0.15) is 0 Å². The van der Waals surface area contributed by atoms with Gasteiger partial charge in [0.2, 0.25) is 6.79 Å². The highest BCUT2D eigenvalue weighted by molar-refractivity contribution is 5.69. The first-order valence-electron chi connectivity index (χ1n) is 17.8. The van der Waals surface area contributed by atoms with E-state index in [1.54, 1.807) is 12.1 Å². The average molecular weight is 696 g/mol. The second-order valence-electron chi connectivity index (χ2n) is 13.8. The Kier molecular flexibility index (Phi) is 13.3. The van der Waals surface area contributed by atoms with Gasteiger partial charge in [0.1, 0.15) is 32.8 Å². The molecule has 0 amide bonds. The van der Waals surface area contributed by atoms with Crippen LogP contribution in [0.3, 0.4) is 0 Å². The van der Waals surface area contributed by atoms with E-state index in [2.05, 4.69) is 48.5 Å². The molecule has 0 radical (unpaired) electrons. The number of nitro benzene ring substituents is 1. The lowest BCUT2D eigenvalue weighted by molar-refractivity contribution is -0.945. The Bertz CT molecular complexity index is 1690. The van der Waals surface area contributed by atoms with Gasteiger partial charge in [-0.3, -0.25) is 14.9 Å². The number of carbonyl (C=O) groups excluding carboxylic acids is 2. The standard InChI is InChI=1S/C41H49N3O7/c1-43(30-34-12-5-2-6-13-34,31-35-19-23-39(24-20-35)42(47)48)28-29-49-41(46)51-33-50-40(45)16-11-27-44(25-9-4-10-26-44)32-36-17-21-38(22-18-36)37-14-7-3-8-15-37/h2-3,5-8,12-15,17-24H,4,9-11,16,25-33H2,1H3/q+2. The Labute approximate surface area is 300 Å². The highest BCUT2D eigenvalue weighted by atomic mass is 16.8. The van der Waals surface area contributed by atoms with Crippen LogP contribution in [0.4, 0.5) is 10.5 Å². The number of benzene rings is 4. The number of piperidine rings is 1. The lowest BCUT2D eigenvalue weighted by atomic mass is 10.0. The number of nitrogens with zero attached hydrogens (tertiary/aromatic N) is 3. The van der Waals surface area contributed by atoms with Crippen LogP contribution in [-0.2, 0) is 38.6 Å². The number of nitro groups is 1. The van der Waals surface area contributed by atoms with Gasteiger partial charge in [0.25, 0.3) is 5.69 Å². The zero-order chi connectivity index (χ0) is 35.9. The molecule has 0 bridgehead atoms. The molecule has 51 heavy (non-hydrogen) atoms. The summed E-state index contributed by atoms with van der Waals surface area (Å²) in [4.78, 5) is 35.6. The zero-order valence-corrected chi connectivity index (χ0v) is 29.5. The molecule has 4 aromatic carbocycles. The maximum Gasteiger partial charge on any atom is 0.511 e. The van der Waals surface area contributed by atoms with Crippen molar-refractivity contribution >= 4 is 17.8 Å². The van der Waals surface area contributed by atoms with Crippen molar-refractivity contribution in [3.8, 4) is 11.1 Å². The maximum atomic E-state index is 12.6. The van der Waals surface area contributed by atoms with Gasteiger partial charge >= 0.3 is 12.1 Å². The summed E-state index contributed by atoms with van der Waals surface area (Å²) in [6.07, 6.45) is 3.66. The fourth-order valence-electron chi connectivity index (χ4n) is 7.03. The van der Waals surface area contributed by atoms with Gasteiger partial charge < -0.3 is 23.2 Å². The van der Waals surface area contributed by atoms with Crippen LogP contribution in [0, 0.1) is 10.1 Å². The Balaban J connectivity index is 1.04. The lowest BCUT2D eigenvalue weighted by Gasteiger charge is -2.42. The molecule has 10 heteroatoms. The van der Waals surface area contributed by atoms with Crippen molar-refractivity contribution in [3.05, 3.63) is 136 Å². The number of likely N-dealkylation sites (N-methyl/N-ethyl adjacent to an activating group) is 1. The molecule has 5 rings (SSSR count). The first-order valence-corrected chi connectivity index (χ1v) is 17.8. The molecule has 1 atom stereocenters. The molecule has 4 aromatic rings. The van der Waals surface area contributed by atoms with Gasteiger partial charge in [0.15, 0.2) is 0 Å². The van der Waals surface area contributed by atoms with Crippen LogP contribution in [0.15, 0.2) is 109 Å². The van der Waals surface area contributed by atoms with E-state index in [1.807, 2.05) is 43.4 Å². The molecular weight excluding hydrogens is 646 g/mol. The van der Waals surface area contributed by atoms with Crippen molar-refractivity contribution in [2.75, 3.05) is 46.6 Å². The molecule has 0 N–H and O–H groups in total. The van der Waals surface area contributed by atoms with Crippen molar-refractivity contribution in [2.45, 2.75) is 51.7 Å². The molecule has 1 fully saturated rings. The van der Waals surface area contributed by atoms with Crippen molar-refractivity contribution in [1.82, 2.24) is 0 Å². The molecule has 0 saturated carbocycles. The van der Waals surface area contributed by atoms with Crippen LogP contribution in [0.1, 0.15) is 48.8 Å². The highest BCUT2D eigenvalue weighted by Gasteiger charge is 2.30. The number of quaternary nitrogens is 2. The molecule has 10 nitrogen and oxygen atoms in total. The Hall–Kier alpha value is -5.06. The molecule has 1 heterocycles. The summed E-state index contributed by atoms with van der Waals surface area (Å²) >= 11 is 0. The average Bonchev–Trinajstić information content (AvgIpc) is 3.13. The summed E-state index contributed by atoms with van der Waals surface area (Å²) in [6.45, 7) is 5.31. The second-order valence-corrected chi connectivity index (χ2v) is 13.8. The van der Waals surface area contributed by atoms with E-state index < -0.39 is 23.8 Å². The van der Waals surface area contributed by atoms with E-state index in [4.69, 9.17) is 14.2 Å². The Morgan fingerprint density at radius 3 is 1.96 bits per heavy atom. The second kappa shape index (κ2) is 18.3. The summed E-state index contributed by atoms with van der Waals surface area (Å²) in [7, 11) is 2.04. The van der Waals surface area contributed by atoms with E-state index in [9.17, 15) is 19.7 Å². The summed E-state index contributed by atoms with van der Waals surface area (Å²) < 4.78 is 17.1. The fraction of sp³-hybridized carbons (Fsp3) is 0.366. The summed E-state index contributed by atoms with van der Waals surface area (Å²) in [5, 5.41) is 11.1. The summed E-state index contributed by atoms with van der Waals surface area (Å²) in [5.74, 6) is -0.402. The van der Waals surface area contributed by atoms with Crippen LogP contribution in [0.5, 0.6) is 0 Å². The number of esters is 1. The number of rotatable bonds is 17. The number of likely N-dealkylation sites (tertiary alicyclic amines) is 1. The number of hydrogen-bond acceptors (Lipinski definition) is 7. The van der Waals surface area contributed by atoms with Crippen LogP contribution < -0.4 is 0 Å². The smallest absolute Gasteiger partial charge is 0.428 e. The fourth-order valence-corrected chi connectivity index (χ4v) is 7.03. The zero-order valence-electron chi connectivity index (χ0n) is 29.5. The highest BCUT2D eigenvalue weighted by Crippen LogP contribution is 2.26. The minimum Gasteiger partial charge on any atom is -0.428 e. The molecule has 268 valence electrons. The number of ether oxygens (including phenoxy) is 3. The van der Waals surface area contributed by atoms with Gasteiger partial charge in [-0.05, 0) is 42.5 Å². The van der Waals surface area contributed by atoms with Crippen molar-refractivity contribution in [1.29, 1.82) is 0 Å². The predicted molar refractivity (Wildman–Crippen MR) is 195 cm³/mol. The maximum absolute atomic E-state index is 12.6. The largest absolute Gasteiger partial charge is 0.511 e. The number of hydrogen-bond donors (Lipinski definition) is 0. The molecule has 1 saturated heterocycles. The Morgan fingerprint density at radius 1 is 0.725 bits per heavy atom. The van der Waals surface area contributed by atoms with Crippen LogP contribution in [-0.4, -0.2) is 72.6 Å². The molecule has 1 unspecified atom stereocenters. The van der Waals surface area contributed by atoms with E-state index >= 15 is 0 Å². The summed E-state index contributed by atoms with van der Waals surface area (Å²) in [5.41, 5.74) is 5.80. The van der Waals surface area contributed by atoms with E-state index in [1.165, 1.54) is 48.1 Å². The topological polar surface area (TPSA) is 105 Å². The van der Waals surface area contributed by atoms with E-state index in [0.29, 0.717) is 30.5 Å². The molecule has 0 aliphatic carbocycles. The molecule has 0 spiro atoms. The van der Waals surface area contributed by atoms with Gasteiger partial charge in [0, 0.05) is 35.2 Å². The van der Waals surface area contributed by atoms with Gasteiger partial charge in [0.05, 0.1) is 38.0 Å². The molecular formula is C41H49N3O7+2. The number of carbonyl (C=O) groups is 2. The molecule has 1 aliphatic rings. The van der Waals surface area contributed by atoms with E-state index in [-0.39, 0.29) is 18.7 Å². The first kappa shape index (κ1) is 37.2. The third-order valence-electron chi connectivity index (χ3n) is 9.72. The number of non-ortho nitro benzene ring substituents is 1. The van der Waals surface area contributed by atoms with Crippen molar-refractivity contribution in [2.24, 2.45) is 0 Å². The van der Waals surface area contributed by atoms with Gasteiger partial charge in [-0.25, -0.2) is 4.79 Å². The SMILES string of the molecule is C[N+](CCOC(=O)OCOC(=O)CCC[N+]1(Cc2ccc(-c3ccccc3)cc2)CCCCC1)(Cc1ccccc1)Cc1ccc([N+](=O)[O-])cc1. The van der Waals surface area contributed by atoms with E-state index in [0.717, 1.165) is 41.8 Å². The van der Waals surface area contributed by atoms with Gasteiger partial charge in [-0.15, -0.1) is 0 Å². The summed E-state index contributed by atoms with van der Waals surface area (Å²) in [6, 6.07) is 35.7. The first-order chi connectivity index (χ1) is 24.7. The van der Waals surface area contributed by atoms with Crippen molar-refractivity contribution in [3.63, 3.8) is 0 Å². The molecule has 0 aromatic heterocycles. The monoisotopic (exact) mass is 695 g/mol. The minimum atomic E-state index is -0.902. The Morgan fingerprint density at radius 2 is 1.31 bits per heavy atom. The predicted octanol–water partition coefficient (Wildman–Crippen LogP) is 8.04. The minimum absolute atomic E-state index is 0.0381. The van der Waals surface area contributed by atoms with Crippen LogP contribution in [0.25, 0.3) is 11.1 Å². The quantitative estimate of drug-likeness (QED) is 0.0362. The lowest BCUT2D eigenvalue weighted by Crippen LogP contribution is -2.51.